The van der Waals surface area contributed by atoms with Crippen molar-refractivity contribution >= 4 is 33.0 Å². The first-order chi connectivity index (χ1) is 8.49. The van der Waals surface area contributed by atoms with Crippen LogP contribution in [0.15, 0.2) is 22.7 Å². The van der Waals surface area contributed by atoms with Gasteiger partial charge in [-0.3, -0.25) is 0 Å². The number of benzene rings is 1. The summed E-state index contributed by atoms with van der Waals surface area (Å²) < 4.78 is 1.13. The number of aryl methyl sites for hydroxylation is 3. The number of hydrogen-bond donors (Lipinski definition) is 1. The summed E-state index contributed by atoms with van der Waals surface area (Å²) in [6, 6.07) is 6.54. The van der Waals surface area contributed by atoms with E-state index in [0.717, 1.165) is 20.9 Å². The molecule has 4 heteroatoms. The number of aromatic nitrogens is 1. The lowest BCUT2D eigenvalue weighted by atomic mass is 10.2. The summed E-state index contributed by atoms with van der Waals surface area (Å²) in [5.41, 5.74) is 3.50. The van der Waals surface area contributed by atoms with Gasteiger partial charge < -0.3 is 5.32 Å². The third-order valence-electron chi connectivity index (χ3n) is 2.90. The molecule has 0 bridgehead atoms. The molecule has 1 N–H and O–H groups in total. The third-order valence-corrected chi connectivity index (χ3v) is 5.20. The van der Waals surface area contributed by atoms with Crippen LogP contribution < -0.4 is 5.32 Å². The number of thiazole rings is 1. The van der Waals surface area contributed by atoms with E-state index < -0.39 is 0 Å². The van der Waals surface area contributed by atoms with Crippen LogP contribution in [-0.4, -0.2) is 4.98 Å². The molecule has 1 heterocycles. The van der Waals surface area contributed by atoms with Crippen LogP contribution in [0.1, 0.15) is 34.1 Å². The van der Waals surface area contributed by atoms with Gasteiger partial charge in [-0.1, -0.05) is 12.1 Å². The molecule has 1 aromatic carbocycles. The number of halogens is 1. The van der Waals surface area contributed by atoms with Crippen LogP contribution in [0.5, 0.6) is 0 Å². The van der Waals surface area contributed by atoms with E-state index in [2.05, 4.69) is 72.1 Å². The maximum absolute atomic E-state index is 4.48. The summed E-state index contributed by atoms with van der Waals surface area (Å²) in [4.78, 5) is 5.79. The van der Waals surface area contributed by atoms with E-state index in [4.69, 9.17) is 0 Å². The van der Waals surface area contributed by atoms with E-state index in [1.807, 2.05) is 0 Å². The molecule has 0 aliphatic rings. The van der Waals surface area contributed by atoms with E-state index in [-0.39, 0.29) is 6.04 Å². The first kappa shape index (κ1) is 13.6. The molecule has 1 atom stereocenters. The van der Waals surface area contributed by atoms with Crippen molar-refractivity contribution in [3.8, 4) is 0 Å². The smallest absolute Gasteiger partial charge is 0.0900 e. The maximum Gasteiger partial charge on any atom is 0.0900 e. The summed E-state index contributed by atoms with van der Waals surface area (Å²) in [7, 11) is 0. The van der Waals surface area contributed by atoms with Crippen LogP contribution in [0.25, 0.3) is 0 Å². The van der Waals surface area contributed by atoms with Crippen LogP contribution >= 0.6 is 27.3 Å². The summed E-state index contributed by atoms with van der Waals surface area (Å²) in [6.45, 7) is 8.40. The lowest BCUT2D eigenvalue weighted by Gasteiger charge is -2.16. The Morgan fingerprint density at radius 2 is 2.00 bits per heavy atom. The Morgan fingerprint density at radius 1 is 1.28 bits per heavy atom. The Balaban J connectivity index is 2.24. The molecule has 0 spiro atoms. The largest absolute Gasteiger partial charge is 0.377 e. The highest BCUT2D eigenvalue weighted by Gasteiger charge is 2.14. The van der Waals surface area contributed by atoms with Crippen molar-refractivity contribution in [2.45, 2.75) is 33.7 Å². The second kappa shape index (κ2) is 5.41. The Labute approximate surface area is 121 Å². The average molecular weight is 325 g/mol. The van der Waals surface area contributed by atoms with Crippen LogP contribution in [-0.2, 0) is 0 Å². The SMILES string of the molecule is Cc1nc(C)c(C(C)Nc2cccc(C)c2Br)s1. The molecular formula is C14H17BrN2S. The molecule has 96 valence electrons. The second-order valence-corrected chi connectivity index (χ2v) is 6.51. The molecule has 1 aromatic heterocycles. The molecule has 2 rings (SSSR count). The second-order valence-electron chi connectivity index (χ2n) is 4.49. The highest BCUT2D eigenvalue weighted by molar-refractivity contribution is 9.10. The van der Waals surface area contributed by atoms with Gasteiger partial charge in [0, 0.05) is 15.0 Å². The maximum atomic E-state index is 4.48. The van der Waals surface area contributed by atoms with Gasteiger partial charge in [-0.2, -0.15) is 0 Å². The monoisotopic (exact) mass is 324 g/mol. The standard InChI is InChI=1S/C14H17BrN2S/c1-8-6-5-7-12(13(8)15)17-10(3)14-9(2)16-11(4)18-14/h5-7,10,17H,1-4H3. The third kappa shape index (κ3) is 2.75. The minimum Gasteiger partial charge on any atom is -0.377 e. The first-order valence-corrected chi connectivity index (χ1v) is 7.55. The molecule has 0 saturated heterocycles. The number of rotatable bonds is 3. The minimum absolute atomic E-state index is 0.272. The van der Waals surface area contributed by atoms with Gasteiger partial charge in [-0.15, -0.1) is 11.3 Å². The van der Waals surface area contributed by atoms with Gasteiger partial charge in [0.25, 0.3) is 0 Å². The fourth-order valence-electron chi connectivity index (χ4n) is 2.01. The molecule has 2 aromatic rings. The van der Waals surface area contributed by atoms with Crippen LogP contribution in [0.4, 0.5) is 5.69 Å². The van der Waals surface area contributed by atoms with Gasteiger partial charge in [0.15, 0.2) is 0 Å². The van der Waals surface area contributed by atoms with Crippen molar-refractivity contribution in [1.29, 1.82) is 0 Å². The lowest BCUT2D eigenvalue weighted by Crippen LogP contribution is -2.07. The summed E-state index contributed by atoms with van der Waals surface area (Å²) in [5, 5.41) is 4.67. The first-order valence-electron chi connectivity index (χ1n) is 5.94. The van der Waals surface area contributed by atoms with Crippen LogP contribution in [0.2, 0.25) is 0 Å². The van der Waals surface area contributed by atoms with E-state index >= 15 is 0 Å². The summed E-state index contributed by atoms with van der Waals surface area (Å²) in [5.74, 6) is 0. The van der Waals surface area contributed by atoms with Crippen LogP contribution in [0, 0.1) is 20.8 Å². The fourth-order valence-corrected chi connectivity index (χ4v) is 3.32. The van der Waals surface area contributed by atoms with Gasteiger partial charge in [0.2, 0.25) is 0 Å². The highest BCUT2D eigenvalue weighted by atomic mass is 79.9. The average Bonchev–Trinajstić information content (AvgIpc) is 2.64. The van der Waals surface area contributed by atoms with Gasteiger partial charge in [0.05, 0.1) is 16.7 Å². The Morgan fingerprint density at radius 3 is 2.61 bits per heavy atom. The van der Waals surface area contributed by atoms with Crippen molar-refractivity contribution in [2.24, 2.45) is 0 Å². The molecule has 0 fully saturated rings. The quantitative estimate of drug-likeness (QED) is 0.858. The lowest BCUT2D eigenvalue weighted by molar-refractivity contribution is 0.888. The Hall–Kier alpha value is -0.870. The summed E-state index contributed by atoms with van der Waals surface area (Å²) in [6.07, 6.45) is 0. The van der Waals surface area contributed by atoms with Crippen molar-refractivity contribution in [2.75, 3.05) is 5.32 Å². The number of hydrogen-bond acceptors (Lipinski definition) is 3. The van der Waals surface area contributed by atoms with Gasteiger partial charge >= 0.3 is 0 Å². The van der Waals surface area contributed by atoms with E-state index in [1.54, 1.807) is 11.3 Å². The van der Waals surface area contributed by atoms with E-state index in [0.29, 0.717) is 0 Å². The molecule has 18 heavy (non-hydrogen) atoms. The van der Waals surface area contributed by atoms with E-state index in [9.17, 15) is 0 Å². The Bertz CT molecular complexity index is 563. The van der Waals surface area contributed by atoms with Gasteiger partial charge in [-0.25, -0.2) is 4.98 Å². The van der Waals surface area contributed by atoms with Crippen molar-refractivity contribution in [1.82, 2.24) is 4.98 Å². The predicted octanol–water partition coefficient (Wildman–Crippen LogP) is 5.00. The topological polar surface area (TPSA) is 24.9 Å². The zero-order chi connectivity index (χ0) is 13.3. The molecule has 0 aliphatic heterocycles. The molecule has 0 radical (unpaired) electrons. The number of nitrogens with one attached hydrogen (secondary N) is 1. The zero-order valence-electron chi connectivity index (χ0n) is 11.0. The van der Waals surface area contributed by atoms with Crippen molar-refractivity contribution in [3.05, 3.63) is 43.8 Å². The molecule has 0 saturated carbocycles. The molecular weight excluding hydrogens is 308 g/mol. The van der Waals surface area contributed by atoms with Gasteiger partial charge in [-0.05, 0) is 55.3 Å². The van der Waals surface area contributed by atoms with Crippen LogP contribution in [0.3, 0.4) is 0 Å². The predicted molar refractivity (Wildman–Crippen MR) is 82.5 cm³/mol. The van der Waals surface area contributed by atoms with Crippen molar-refractivity contribution in [3.63, 3.8) is 0 Å². The Kier molecular flexibility index (Phi) is 4.07. The molecule has 1 unspecified atom stereocenters. The number of anilines is 1. The highest BCUT2D eigenvalue weighted by Crippen LogP contribution is 2.32. The summed E-state index contributed by atoms with van der Waals surface area (Å²) >= 11 is 5.39. The normalized spacial score (nSPS) is 12.5. The molecule has 0 amide bonds. The minimum atomic E-state index is 0.272. The number of nitrogens with zero attached hydrogens (tertiary/aromatic N) is 1. The van der Waals surface area contributed by atoms with Gasteiger partial charge in [0.1, 0.15) is 0 Å². The molecule has 0 aliphatic carbocycles. The zero-order valence-corrected chi connectivity index (χ0v) is 13.4. The van der Waals surface area contributed by atoms with E-state index in [1.165, 1.54) is 10.4 Å². The van der Waals surface area contributed by atoms with Crippen molar-refractivity contribution < 1.29 is 0 Å². The fraction of sp³-hybridized carbons (Fsp3) is 0.357. The molecule has 2 nitrogen and oxygen atoms in total.